The van der Waals surface area contributed by atoms with Crippen molar-refractivity contribution in [1.29, 1.82) is 0 Å². The fraction of sp³-hybridized carbons (Fsp3) is 0.231. The molecule has 94 valence electrons. The Bertz CT molecular complexity index is 607. The molecule has 2 aromatic rings. The number of halogens is 2. The number of carbonyl (C=O) groups is 1. The van der Waals surface area contributed by atoms with Crippen LogP contribution in [0.4, 0.5) is 4.39 Å². The van der Waals surface area contributed by atoms with E-state index in [1.165, 1.54) is 23.7 Å². The highest BCUT2D eigenvalue weighted by Crippen LogP contribution is 2.24. The van der Waals surface area contributed by atoms with E-state index in [0.29, 0.717) is 22.1 Å². The highest BCUT2D eigenvalue weighted by Gasteiger charge is 2.16. The zero-order valence-corrected chi connectivity index (χ0v) is 10.8. The van der Waals surface area contributed by atoms with Gasteiger partial charge < -0.3 is 0 Å². The van der Waals surface area contributed by atoms with Gasteiger partial charge in [0.25, 0.3) is 0 Å². The van der Waals surface area contributed by atoms with Gasteiger partial charge in [0.15, 0.2) is 0 Å². The Labute approximate surface area is 109 Å². The summed E-state index contributed by atoms with van der Waals surface area (Å²) in [4.78, 5) is 11.2. The van der Waals surface area contributed by atoms with Crippen LogP contribution >= 0.6 is 11.6 Å². The summed E-state index contributed by atoms with van der Waals surface area (Å²) in [5, 5.41) is 4.60. The monoisotopic (exact) mass is 266 g/mol. The van der Waals surface area contributed by atoms with E-state index in [2.05, 4.69) is 5.10 Å². The molecule has 0 aliphatic carbocycles. The molecule has 0 bridgehead atoms. The first kappa shape index (κ1) is 12.8. The lowest BCUT2D eigenvalue weighted by molar-refractivity contribution is -0.116. The normalized spacial score (nSPS) is 10.7. The fourth-order valence-electron chi connectivity index (χ4n) is 1.76. The van der Waals surface area contributed by atoms with Gasteiger partial charge in [0.2, 0.25) is 0 Å². The van der Waals surface area contributed by atoms with Crippen LogP contribution in [0.25, 0.3) is 5.69 Å². The standard InChI is InChI=1S/C13H12ClFN2O/c1-8(18)6-12-9(2)16-17(13(12)14)11-5-3-4-10(15)7-11/h3-5,7H,6H2,1-2H3. The number of carbonyl (C=O) groups excluding carboxylic acids is 1. The van der Waals surface area contributed by atoms with E-state index in [4.69, 9.17) is 11.6 Å². The minimum atomic E-state index is -0.357. The van der Waals surface area contributed by atoms with Gasteiger partial charge in [-0.2, -0.15) is 5.10 Å². The molecule has 0 N–H and O–H groups in total. The molecule has 0 atom stereocenters. The third-order valence-corrected chi connectivity index (χ3v) is 2.99. The molecular formula is C13H12ClFN2O. The van der Waals surface area contributed by atoms with Crippen LogP contribution in [-0.2, 0) is 11.2 Å². The van der Waals surface area contributed by atoms with Crippen LogP contribution in [0.15, 0.2) is 24.3 Å². The second kappa shape index (κ2) is 4.90. The molecule has 0 spiro atoms. The molecule has 0 saturated carbocycles. The summed E-state index contributed by atoms with van der Waals surface area (Å²) in [5.41, 5.74) is 1.91. The van der Waals surface area contributed by atoms with Gasteiger partial charge in [-0.05, 0) is 32.0 Å². The minimum Gasteiger partial charge on any atom is -0.300 e. The number of aromatic nitrogens is 2. The number of aryl methyl sites for hydroxylation is 1. The molecule has 0 amide bonds. The second-order valence-corrected chi connectivity index (χ2v) is 4.48. The third-order valence-electron chi connectivity index (χ3n) is 2.60. The lowest BCUT2D eigenvalue weighted by atomic mass is 10.1. The van der Waals surface area contributed by atoms with Crippen molar-refractivity contribution in [2.24, 2.45) is 0 Å². The van der Waals surface area contributed by atoms with Crippen molar-refractivity contribution in [2.75, 3.05) is 0 Å². The molecule has 0 saturated heterocycles. The molecular weight excluding hydrogens is 255 g/mol. The first-order valence-corrected chi connectivity index (χ1v) is 5.86. The van der Waals surface area contributed by atoms with Gasteiger partial charge in [-0.15, -0.1) is 0 Å². The summed E-state index contributed by atoms with van der Waals surface area (Å²) in [6, 6.07) is 5.99. The highest BCUT2D eigenvalue weighted by atomic mass is 35.5. The van der Waals surface area contributed by atoms with Crippen molar-refractivity contribution >= 4 is 17.4 Å². The minimum absolute atomic E-state index is 0.0128. The predicted molar refractivity (Wildman–Crippen MR) is 67.7 cm³/mol. The summed E-state index contributed by atoms with van der Waals surface area (Å²) < 4.78 is 14.6. The Hall–Kier alpha value is -1.68. The molecule has 0 aliphatic rings. The third kappa shape index (κ3) is 2.43. The number of hydrogen-bond acceptors (Lipinski definition) is 2. The zero-order chi connectivity index (χ0) is 13.3. The first-order valence-electron chi connectivity index (χ1n) is 5.48. The van der Waals surface area contributed by atoms with E-state index in [9.17, 15) is 9.18 Å². The number of benzene rings is 1. The Morgan fingerprint density at radius 1 is 1.50 bits per heavy atom. The van der Waals surface area contributed by atoms with Crippen LogP contribution in [0, 0.1) is 12.7 Å². The smallest absolute Gasteiger partial charge is 0.136 e. The summed E-state index contributed by atoms with van der Waals surface area (Å²) in [5.74, 6) is -0.344. The Kier molecular flexibility index (Phi) is 3.48. The maximum absolute atomic E-state index is 13.2. The number of hydrogen-bond donors (Lipinski definition) is 0. The average Bonchev–Trinajstić information content (AvgIpc) is 2.56. The van der Waals surface area contributed by atoms with E-state index in [0.717, 1.165) is 0 Å². The van der Waals surface area contributed by atoms with E-state index in [-0.39, 0.29) is 18.0 Å². The molecule has 1 aromatic carbocycles. The summed E-state index contributed by atoms with van der Waals surface area (Å²) in [7, 11) is 0. The average molecular weight is 267 g/mol. The van der Waals surface area contributed by atoms with Crippen molar-refractivity contribution < 1.29 is 9.18 Å². The van der Waals surface area contributed by atoms with Crippen molar-refractivity contribution in [1.82, 2.24) is 9.78 Å². The highest BCUT2D eigenvalue weighted by molar-refractivity contribution is 6.30. The molecule has 0 unspecified atom stereocenters. The first-order chi connectivity index (χ1) is 8.49. The van der Waals surface area contributed by atoms with E-state index >= 15 is 0 Å². The van der Waals surface area contributed by atoms with Crippen molar-refractivity contribution in [2.45, 2.75) is 20.3 Å². The lowest BCUT2D eigenvalue weighted by Crippen LogP contribution is -1.99. The van der Waals surface area contributed by atoms with E-state index in [1.54, 1.807) is 19.1 Å². The maximum atomic E-state index is 13.2. The largest absolute Gasteiger partial charge is 0.300 e. The van der Waals surface area contributed by atoms with E-state index in [1.807, 2.05) is 0 Å². The van der Waals surface area contributed by atoms with Gasteiger partial charge in [0, 0.05) is 12.0 Å². The van der Waals surface area contributed by atoms with Gasteiger partial charge in [0.05, 0.1) is 11.4 Å². The lowest BCUT2D eigenvalue weighted by Gasteiger charge is -2.03. The van der Waals surface area contributed by atoms with Crippen LogP contribution in [0.1, 0.15) is 18.2 Å². The van der Waals surface area contributed by atoms with Crippen LogP contribution in [0.3, 0.4) is 0 Å². The predicted octanol–water partition coefficient (Wildman–Crippen LogP) is 3.10. The van der Waals surface area contributed by atoms with Gasteiger partial charge in [-0.1, -0.05) is 17.7 Å². The molecule has 18 heavy (non-hydrogen) atoms. The maximum Gasteiger partial charge on any atom is 0.136 e. The molecule has 5 heteroatoms. The van der Waals surface area contributed by atoms with Gasteiger partial charge in [-0.3, -0.25) is 4.79 Å². The van der Waals surface area contributed by atoms with Crippen LogP contribution in [0.5, 0.6) is 0 Å². The molecule has 0 aliphatic heterocycles. The molecule has 0 radical (unpaired) electrons. The molecule has 3 nitrogen and oxygen atoms in total. The van der Waals surface area contributed by atoms with E-state index < -0.39 is 0 Å². The Morgan fingerprint density at radius 3 is 2.83 bits per heavy atom. The van der Waals surface area contributed by atoms with Gasteiger partial charge >= 0.3 is 0 Å². The number of ketones is 1. The SMILES string of the molecule is CC(=O)Cc1c(C)nn(-c2cccc(F)c2)c1Cl. The second-order valence-electron chi connectivity index (χ2n) is 4.13. The van der Waals surface area contributed by atoms with Crippen LogP contribution < -0.4 is 0 Å². The number of Topliss-reactive ketones (excluding diaryl/α,β-unsaturated/α-hetero) is 1. The van der Waals surface area contributed by atoms with Crippen LogP contribution in [-0.4, -0.2) is 15.6 Å². The zero-order valence-electron chi connectivity index (χ0n) is 10.1. The fourth-order valence-corrected chi connectivity index (χ4v) is 2.10. The van der Waals surface area contributed by atoms with Gasteiger partial charge in [-0.25, -0.2) is 9.07 Å². The molecule has 2 rings (SSSR count). The molecule has 0 fully saturated rings. The van der Waals surface area contributed by atoms with Crippen molar-refractivity contribution in [3.05, 3.63) is 46.5 Å². The summed E-state index contributed by atoms with van der Waals surface area (Å²) >= 11 is 6.19. The topological polar surface area (TPSA) is 34.9 Å². The number of nitrogens with zero attached hydrogens (tertiary/aromatic N) is 2. The molecule has 1 aromatic heterocycles. The van der Waals surface area contributed by atoms with Crippen molar-refractivity contribution in [3.8, 4) is 5.69 Å². The summed E-state index contributed by atoms with van der Waals surface area (Å²) in [6.45, 7) is 3.27. The van der Waals surface area contributed by atoms with Crippen molar-refractivity contribution in [3.63, 3.8) is 0 Å². The Morgan fingerprint density at radius 2 is 2.22 bits per heavy atom. The molecule has 1 heterocycles. The van der Waals surface area contributed by atoms with Gasteiger partial charge in [0.1, 0.15) is 16.8 Å². The van der Waals surface area contributed by atoms with Crippen LogP contribution in [0.2, 0.25) is 5.15 Å². The quantitative estimate of drug-likeness (QED) is 0.856. The Balaban J connectivity index is 2.50. The summed E-state index contributed by atoms with van der Waals surface area (Å²) in [6.07, 6.45) is 0.236. The number of rotatable bonds is 3.